The second-order valence-electron chi connectivity index (χ2n) is 6.83. The molecular weight excluding hydrogens is 394 g/mol. The van der Waals surface area contributed by atoms with Crippen molar-refractivity contribution < 1.29 is 22.8 Å². The van der Waals surface area contributed by atoms with Gasteiger partial charge < -0.3 is 19.5 Å². The fourth-order valence-electron chi connectivity index (χ4n) is 3.38. The third-order valence-electron chi connectivity index (χ3n) is 4.98. The van der Waals surface area contributed by atoms with E-state index < -0.39 is 11.6 Å². The summed E-state index contributed by atoms with van der Waals surface area (Å²) >= 11 is 0. The third kappa shape index (κ3) is 3.70. The van der Waals surface area contributed by atoms with Gasteiger partial charge in [-0.05, 0) is 36.2 Å². The first-order chi connectivity index (χ1) is 14.5. The lowest BCUT2D eigenvalue weighted by atomic mass is 10.1. The fraction of sp³-hybridized carbons (Fsp3) is 0.286. The number of amides is 1. The van der Waals surface area contributed by atoms with Crippen LogP contribution in [-0.4, -0.2) is 36.2 Å². The largest absolute Gasteiger partial charge is 0.494 e. The number of aryl methyl sites for hydroxylation is 1. The number of carbonyl (C=O) groups is 1. The SMILES string of the molecule is CCc1noc(-c2ccc(F)c(NCC(=O)N3CCc4cc(OC)c(F)cc43)c2)n1. The maximum absolute atomic E-state index is 14.2. The van der Waals surface area contributed by atoms with Crippen LogP contribution in [0.15, 0.2) is 34.9 Å². The van der Waals surface area contributed by atoms with Crippen molar-refractivity contribution in [3.63, 3.8) is 0 Å². The number of methoxy groups -OCH3 is 1. The van der Waals surface area contributed by atoms with Crippen molar-refractivity contribution in [2.24, 2.45) is 0 Å². The highest BCUT2D eigenvalue weighted by Gasteiger charge is 2.26. The van der Waals surface area contributed by atoms with Crippen molar-refractivity contribution in [3.05, 3.63) is 53.4 Å². The van der Waals surface area contributed by atoms with Crippen molar-refractivity contribution in [3.8, 4) is 17.2 Å². The quantitative estimate of drug-likeness (QED) is 0.664. The maximum atomic E-state index is 14.2. The zero-order valence-corrected chi connectivity index (χ0v) is 16.5. The number of fused-ring (bicyclic) bond motifs is 1. The molecule has 1 aromatic heterocycles. The Hall–Kier alpha value is -3.49. The Labute approximate surface area is 171 Å². The molecule has 0 unspecified atom stereocenters. The summed E-state index contributed by atoms with van der Waals surface area (Å²) in [6.07, 6.45) is 1.21. The minimum absolute atomic E-state index is 0.137. The molecule has 0 saturated carbocycles. The number of carbonyl (C=O) groups excluding carboxylic acids is 1. The molecule has 1 aliphatic rings. The predicted molar refractivity (Wildman–Crippen MR) is 107 cm³/mol. The molecule has 0 atom stereocenters. The molecule has 30 heavy (non-hydrogen) atoms. The van der Waals surface area contributed by atoms with Crippen molar-refractivity contribution in [1.29, 1.82) is 0 Å². The molecule has 0 spiro atoms. The smallest absolute Gasteiger partial charge is 0.257 e. The van der Waals surface area contributed by atoms with E-state index in [1.165, 1.54) is 36.3 Å². The molecule has 0 saturated heterocycles. The molecule has 2 aromatic carbocycles. The highest BCUT2D eigenvalue weighted by atomic mass is 19.1. The van der Waals surface area contributed by atoms with Gasteiger partial charge in [0.25, 0.3) is 5.89 Å². The Bertz CT molecular complexity index is 1100. The van der Waals surface area contributed by atoms with E-state index in [4.69, 9.17) is 9.26 Å². The van der Waals surface area contributed by atoms with Gasteiger partial charge in [0.15, 0.2) is 17.4 Å². The van der Waals surface area contributed by atoms with Gasteiger partial charge >= 0.3 is 0 Å². The van der Waals surface area contributed by atoms with Gasteiger partial charge in [-0.15, -0.1) is 0 Å². The van der Waals surface area contributed by atoms with Gasteiger partial charge in [-0.3, -0.25) is 4.79 Å². The van der Waals surface area contributed by atoms with Crippen LogP contribution in [0.3, 0.4) is 0 Å². The molecular formula is C21H20F2N4O3. The van der Waals surface area contributed by atoms with Gasteiger partial charge in [0.1, 0.15) is 5.82 Å². The number of anilines is 2. The van der Waals surface area contributed by atoms with Crippen LogP contribution in [0.2, 0.25) is 0 Å². The molecule has 2 heterocycles. The average Bonchev–Trinajstić information content (AvgIpc) is 3.39. The Balaban J connectivity index is 1.49. The number of hydrogen-bond acceptors (Lipinski definition) is 6. The predicted octanol–water partition coefficient (Wildman–Crippen LogP) is 3.59. The molecule has 7 nitrogen and oxygen atoms in total. The zero-order valence-electron chi connectivity index (χ0n) is 16.5. The molecule has 1 aliphatic heterocycles. The van der Waals surface area contributed by atoms with Crippen LogP contribution < -0.4 is 15.0 Å². The highest BCUT2D eigenvalue weighted by Crippen LogP contribution is 2.33. The molecule has 4 rings (SSSR count). The molecule has 9 heteroatoms. The normalized spacial score (nSPS) is 12.7. The Kier molecular flexibility index (Phi) is 5.35. The summed E-state index contributed by atoms with van der Waals surface area (Å²) < 4.78 is 38.5. The van der Waals surface area contributed by atoms with Gasteiger partial charge in [0.2, 0.25) is 5.91 Å². The minimum atomic E-state index is -0.534. The lowest BCUT2D eigenvalue weighted by molar-refractivity contribution is -0.116. The molecule has 0 fully saturated rings. The molecule has 1 amide bonds. The highest BCUT2D eigenvalue weighted by molar-refractivity contribution is 5.98. The van der Waals surface area contributed by atoms with E-state index in [2.05, 4.69) is 15.5 Å². The van der Waals surface area contributed by atoms with Crippen LogP contribution in [0.5, 0.6) is 5.75 Å². The van der Waals surface area contributed by atoms with Gasteiger partial charge in [0, 0.05) is 24.6 Å². The number of nitrogens with zero attached hydrogens (tertiary/aromatic N) is 3. The summed E-state index contributed by atoms with van der Waals surface area (Å²) in [5.41, 5.74) is 2.02. The first-order valence-corrected chi connectivity index (χ1v) is 9.53. The Morgan fingerprint density at radius 3 is 2.83 bits per heavy atom. The number of hydrogen-bond donors (Lipinski definition) is 1. The lowest BCUT2D eigenvalue weighted by Gasteiger charge is -2.19. The van der Waals surface area contributed by atoms with Gasteiger partial charge in [-0.2, -0.15) is 4.98 Å². The lowest BCUT2D eigenvalue weighted by Crippen LogP contribution is -2.34. The zero-order chi connectivity index (χ0) is 21.3. The Morgan fingerprint density at radius 1 is 1.27 bits per heavy atom. The average molecular weight is 414 g/mol. The van der Waals surface area contributed by atoms with E-state index in [-0.39, 0.29) is 29.8 Å². The van der Waals surface area contributed by atoms with E-state index in [9.17, 15) is 13.6 Å². The number of rotatable bonds is 6. The standard InChI is InChI=1S/C21H20F2N4O3/c1-3-19-25-21(30-26-19)13-4-5-14(22)16(8-13)24-11-20(28)27-7-6-12-9-18(29-2)15(23)10-17(12)27/h4-5,8-10,24H,3,6-7,11H2,1-2H3. The molecule has 1 N–H and O–H groups in total. The van der Waals surface area contributed by atoms with Crippen molar-refractivity contribution >= 4 is 17.3 Å². The molecule has 0 bridgehead atoms. The number of benzene rings is 2. The van der Waals surface area contributed by atoms with E-state index in [0.29, 0.717) is 36.5 Å². The van der Waals surface area contributed by atoms with Crippen molar-refractivity contribution in [1.82, 2.24) is 10.1 Å². The van der Waals surface area contributed by atoms with Crippen LogP contribution in [0.4, 0.5) is 20.2 Å². The minimum Gasteiger partial charge on any atom is -0.494 e. The fourth-order valence-corrected chi connectivity index (χ4v) is 3.38. The summed E-state index contributed by atoms with van der Waals surface area (Å²) in [6.45, 7) is 2.17. The number of ether oxygens (including phenoxy) is 1. The van der Waals surface area contributed by atoms with Crippen LogP contribution in [0.1, 0.15) is 18.3 Å². The number of aromatic nitrogens is 2. The van der Waals surface area contributed by atoms with E-state index in [1.54, 1.807) is 6.07 Å². The van der Waals surface area contributed by atoms with Gasteiger partial charge in [0.05, 0.1) is 25.0 Å². The number of halogens is 2. The van der Waals surface area contributed by atoms with E-state index in [0.717, 1.165) is 5.56 Å². The van der Waals surface area contributed by atoms with Crippen LogP contribution in [-0.2, 0) is 17.6 Å². The topological polar surface area (TPSA) is 80.5 Å². The second kappa shape index (κ2) is 8.10. The second-order valence-corrected chi connectivity index (χ2v) is 6.83. The third-order valence-corrected chi connectivity index (χ3v) is 4.98. The molecule has 0 radical (unpaired) electrons. The van der Waals surface area contributed by atoms with Crippen molar-refractivity contribution in [2.75, 3.05) is 30.4 Å². The van der Waals surface area contributed by atoms with E-state index in [1.807, 2.05) is 6.92 Å². The Morgan fingerprint density at radius 2 is 2.10 bits per heavy atom. The summed E-state index contributed by atoms with van der Waals surface area (Å²) in [7, 11) is 1.40. The summed E-state index contributed by atoms with van der Waals surface area (Å²) in [5, 5.41) is 6.64. The van der Waals surface area contributed by atoms with Crippen LogP contribution >= 0.6 is 0 Å². The van der Waals surface area contributed by atoms with Crippen LogP contribution in [0, 0.1) is 11.6 Å². The first-order valence-electron chi connectivity index (χ1n) is 9.53. The summed E-state index contributed by atoms with van der Waals surface area (Å²) in [6, 6.07) is 7.20. The van der Waals surface area contributed by atoms with Crippen LogP contribution in [0.25, 0.3) is 11.5 Å². The van der Waals surface area contributed by atoms with Crippen molar-refractivity contribution in [2.45, 2.75) is 19.8 Å². The first kappa shape index (κ1) is 19.8. The molecule has 3 aromatic rings. The molecule has 0 aliphatic carbocycles. The molecule has 156 valence electrons. The summed E-state index contributed by atoms with van der Waals surface area (Å²) in [5.74, 6) is -0.371. The van der Waals surface area contributed by atoms with E-state index >= 15 is 0 Å². The summed E-state index contributed by atoms with van der Waals surface area (Å²) in [4.78, 5) is 18.4. The maximum Gasteiger partial charge on any atom is 0.257 e. The van der Waals surface area contributed by atoms with Gasteiger partial charge in [-0.1, -0.05) is 12.1 Å². The number of nitrogens with one attached hydrogen (secondary N) is 1. The van der Waals surface area contributed by atoms with Gasteiger partial charge in [-0.25, -0.2) is 8.78 Å². The monoisotopic (exact) mass is 414 g/mol.